The average molecular weight is 275 g/mol. The Bertz CT molecular complexity index is 389. The van der Waals surface area contributed by atoms with Crippen LogP contribution in [-0.4, -0.2) is 22.1 Å². The first-order valence-electron chi connectivity index (χ1n) is 5.71. The third-order valence-electron chi connectivity index (χ3n) is 3.14. The van der Waals surface area contributed by atoms with Crippen molar-refractivity contribution in [2.45, 2.75) is 38.3 Å². The molecule has 1 aromatic rings. The molecule has 0 saturated heterocycles. The summed E-state index contributed by atoms with van der Waals surface area (Å²) in [4.78, 5) is 15.0. The smallest absolute Gasteiger partial charge is 0.306 e. The van der Waals surface area contributed by atoms with Crippen molar-refractivity contribution >= 4 is 28.9 Å². The highest BCUT2D eigenvalue weighted by molar-refractivity contribution is 7.15. The van der Waals surface area contributed by atoms with Gasteiger partial charge in [-0.05, 0) is 25.7 Å². The molecule has 94 valence electrons. The Morgan fingerprint density at radius 1 is 1.53 bits per heavy atom. The molecule has 0 atom stereocenters. The predicted octanol–water partition coefficient (Wildman–Crippen LogP) is 2.53. The van der Waals surface area contributed by atoms with Crippen LogP contribution in [0.25, 0.3) is 0 Å². The second kappa shape index (κ2) is 5.80. The minimum absolute atomic E-state index is 0.151. The molecule has 2 N–H and O–H groups in total. The Morgan fingerprint density at radius 3 is 2.76 bits per heavy atom. The van der Waals surface area contributed by atoms with E-state index < -0.39 is 5.97 Å². The van der Waals surface area contributed by atoms with E-state index in [1.165, 1.54) is 11.3 Å². The van der Waals surface area contributed by atoms with Gasteiger partial charge in [-0.1, -0.05) is 11.6 Å². The van der Waals surface area contributed by atoms with E-state index in [0.29, 0.717) is 10.4 Å². The third kappa shape index (κ3) is 3.66. The van der Waals surface area contributed by atoms with Crippen LogP contribution >= 0.6 is 22.9 Å². The summed E-state index contributed by atoms with van der Waals surface area (Å²) >= 11 is 7.28. The summed E-state index contributed by atoms with van der Waals surface area (Å²) in [5.41, 5.74) is 0. The summed E-state index contributed by atoms with van der Waals surface area (Å²) in [7, 11) is 0. The lowest BCUT2D eigenvalue weighted by Crippen LogP contribution is -2.34. The van der Waals surface area contributed by atoms with E-state index >= 15 is 0 Å². The molecule has 1 heterocycles. The molecule has 0 aromatic carbocycles. The van der Waals surface area contributed by atoms with Gasteiger partial charge in [-0.2, -0.15) is 0 Å². The molecule has 4 nitrogen and oxygen atoms in total. The fourth-order valence-corrected chi connectivity index (χ4v) is 3.05. The molecule has 0 amide bonds. The van der Waals surface area contributed by atoms with Gasteiger partial charge in [0.1, 0.15) is 9.34 Å². The van der Waals surface area contributed by atoms with E-state index in [0.717, 1.165) is 37.2 Å². The van der Waals surface area contributed by atoms with E-state index in [1.807, 2.05) is 0 Å². The van der Waals surface area contributed by atoms with Crippen LogP contribution in [0.5, 0.6) is 0 Å². The van der Waals surface area contributed by atoms with Gasteiger partial charge in [0.25, 0.3) is 0 Å². The summed E-state index contributed by atoms with van der Waals surface area (Å²) in [5.74, 6) is -0.808. The fourth-order valence-electron chi connectivity index (χ4n) is 2.15. The Labute approximate surface area is 109 Å². The quantitative estimate of drug-likeness (QED) is 0.886. The van der Waals surface area contributed by atoms with Crippen LogP contribution < -0.4 is 5.32 Å². The van der Waals surface area contributed by atoms with Crippen LogP contribution in [0.15, 0.2) is 6.20 Å². The average Bonchev–Trinajstić information content (AvgIpc) is 2.73. The topological polar surface area (TPSA) is 62.2 Å². The second-order valence-electron chi connectivity index (χ2n) is 4.33. The summed E-state index contributed by atoms with van der Waals surface area (Å²) in [6.45, 7) is 0.722. The molecule has 0 bridgehead atoms. The number of nitrogens with zero attached hydrogens (tertiary/aromatic N) is 1. The molecular weight excluding hydrogens is 260 g/mol. The molecule has 1 aliphatic carbocycles. The molecule has 17 heavy (non-hydrogen) atoms. The highest BCUT2D eigenvalue weighted by Gasteiger charge is 2.25. The van der Waals surface area contributed by atoms with E-state index in [4.69, 9.17) is 16.7 Å². The maximum absolute atomic E-state index is 10.8. The summed E-state index contributed by atoms with van der Waals surface area (Å²) in [6.07, 6.45) is 5.05. The number of aliphatic carboxylic acids is 1. The van der Waals surface area contributed by atoms with Crippen molar-refractivity contribution in [3.05, 3.63) is 15.5 Å². The number of nitrogens with one attached hydrogen (secondary N) is 1. The molecule has 1 aliphatic rings. The normalized spacial score (nSPS) is 24.8. The van der Waals surface area contributed by atoms with Crippen LogP contribution in [0.2, 0.25) is 4.34 Å². The number of hydrogen-bond donors (Lipinski definition) is 2. The Kier molecular flexibility index (Phi) is 4.36. The maximum Gasteiger partial charge on any atom is 0.306 e. The summed E-state index contributed by atoms with van der Waals surface area (Å²) < 4.78 is 0.705. The first-order valence-corrected chi connectivity index (χ1v) is 6.91. The standard InChI is InChI=1S/C11H15ClN2O2S/c12-9-5-14-10(17-9)6-13-8-3-1-7(2-4-8)11(15)16/h5,7-8,13H,1-4,6H2,(H,15,16). The first-order chi connectivity index (χ1) is 8.15. The SMILES string of the molecule is O=C(O)C1CCC(NCc2ncc(Cl)s2)CC1. The van der Waals surface area contributed by atoms with Crippen molar-refractivity contribution in [1.82, 2.24) is 10.3 Å². The van der Waals surface area contributed by atoms with Crippen molar-refractivity contribution in [2.75, 3.05) is 0 Å². The summed E-state index contributed by atoms with van der Waals surface area (Å²) in [5, 5.41) is 13.3. The van der Waals surface area contributed by atoms with E-state index in [2.05, 4.69) is 10.3 Å². The molecule has 1 aromatic heterocycles. The monoisotopic (exact) mass is 274 g/mol. The molecule has 0 unspecified atom stereocenters. The van der Waals surface area contributed by atoms with Gasteiger partial charge in [0.05, 0.1) is 12.1 Å². The first kappa shape index (κ1) is 12.8. The van der Waals surface area contributed by atoms with Crippen LogP contribution in [0, 0.1) is 5.92 Å². The van der Waals surface area contributed by atoms with E-state index in [1.54, 1.807) is 6.20 Å². The number of hydrogen-bond acceptors (Lipinski definition) is 4. The molecular formula is C11H15ClN2O2S. The zero-order valence-electron chi connectivity index (χ0n) is 9.36. The van der Waals surface area contributed by atoms with Crippen LogP contribution in [0.3, 0.4) is 0 Å². The lowest BCUT2D eigenvalue weighted by molar-refractivity contribution is -0.142. The van der Waals surface area contributed by atoms with Gasteiger partial charge >= 0.3 is 5.97 Å². The number of halogens is 1. The van der Waals surface area contributed by atoms with E-state index in [9.17, 15) is 4.79 Å². The largest absolute Gasteiger partial charge is 0.481 e. The minimum Gasteiger partial charge on any atom is -0.481 e. The van der Waals surface area contributed by atoms with Crippen molar-refractivity contribution < 1.29 is 9.90 Å². The molecule has 1 fully saturated rings. The number of carbonyl (C=O) groups is 1. The molecule has 2 rings (SSSR count). The van der Waals surface area contributed by atoms with Gasteiger partial charge in [0, 0.05) is 12.6 Å². The van der Waals surface area contributed by atoms with Gasteiger partial charge in [-0.3, -0.25) is 4.79 Å². The van der Waals surface area contributed by atoms with Gasteiger partial charge in [-0.25, -0.2) is 4.98 Å². The van der Waals surface area contributed by atoms with Crippen molar-refractivity contribution in [1.29, 1.82) is 0 Å². The van der Waals surface area contributed by atoms with Crippen molar-refractivity contribution in [2.24, 2.45) is 5.92 Å². The zero-order chi connectivity index (χ0) is 12.3. The lowest BCUT2D eigenvalue weighted by atomic mass is 9.86. The maximum atomic E-state index is 10.8. The molecule has 0 aliphatic heterocycles. The lowest BCUT2D eigenvalue weighted by Gasteiger charge is -2.26. The number of rotatable bonds is 4. The highest BCUT2D eigenvalue weighted by Crippen LogP contribution is 2.25. The van der Waals surface area contributed by atoms with Gasteiger partial charge < -0.3 is 10.4 Å². The Balaban J connectivity index is 1.73. The molecule has 0 spiro atoms. The number of thiazole rings is 1. The number of aromatic nitrogens is 1. The number of carboxylic acids is 1. The van der Waals surface area contributed by atoms with Crippen molar-refractivity contribution in [3.63, 3.8) is 0 Å². The Morgan fingerprint density at radius 2 is 2.24 bits per heavy atom. The predicted molar refractivity (Wildman–Crippen MR) is 67.3 cm³/mol. The van der Waals surface area contributed by atoms with Crippen LogP contribution in [0.1, 0.15) is 30.7 Å². The van der Waals surface area contributed by atoms with Gasteiger partial charge in [-0.15, -0.1) is 11.3 Å². The van der Waals surface area contributed by atoms with Crippen LogP contribution in [0.4, 0.5) is 0 Å². The molecule has 0 radical (unpaired) electrons. The van der Waals surface area contributed by atoms with Gasteiger partial charge in [0.2, 0.25) is 0 Å². The minimum atomic E-state index is -0.657. The second-order valence-corrected chi connectivity index (χ2v) is 6.07. The molecule has 6 heteroatoms. The van der Waals surface area contributed by atoms with Crippen molar-refractivity contribution in [3.8, 4) is 0 Å². The Hall–Kier alpha value is -0.650. The number of carboxylic acid groups (broad SMARTS) is 1. The zero-order valence-corrected chi connectivity index (χ0v) is 10.9. The molecule has 1 saturated carbocycles. The highest BCUT2D eigenvalue weighted by atomic mass is 35.5. The van der Waals surface area contributed by atoms with Gasteiger partial charge in [0.15, 0.2) is 0 Å². The third-order valence-corrected chi connectivity index (χ3v) is 4.26. The fraction of sp³-hybridized carbons (Fsp3) is 0.636. The van der Waals surface area contributed by atoms with Crippen LogP contribution in [-0.2, 0) is 11.3 Å². The summed E-state index contributed by atoms with van der Waals surface area (Å²) in [6, 6.07) is 0.410. The van der Waals surface area contributed by atoms with E-state index in [-0.39, 0.29) is 5.92 Å².